The van der Waals surface area contributed by atoms with E-state index in [0.29, 0.717) is 0 Å². The minimum Gasteiger partial charge on any atom is -0.399 e. The maximum atomic E-state index is 5.77. The first-order chi connectivity index (χ1) is 7.84. The summed E-state index contributed by atoms with van der Waals surface area (Å²) in [7, 11) is 0. The van der Waals surface area contributed by atoms with Crippen molar-refractivity contribution in [3.63, 3.8) is 0 Å². The molecule has 2 aromatic heterocycles. The van der Waals surface area contributed by atoms with Gasteiger partial charge in [-0.15, -0.1) is 10.2 Å². The highest BCUT2D eigenvalue weighted by Gasteiger charge is 2.03. The molecular formula is C12H10N4. The molecule has 4 heteroatoms. The number of hydrogen-bond donors (Lipinski definition) is 1. The van der Waals surface area contributed by atoms with E-state index in [-0.39, 0.29) is 0 Å². The van der Waals surface area contributed by atoms with Crippen LogP contribution in [-0.2, 0) is 0 Å². The molecule has 0 amide bonds. The van der Waals surface area contributed by atoms with E-state index >= 15 is 0 Å². The van der Waals surface area contributed by atoms with Gasteiger partial charge in [0.25, 0.3) is 0 Å². The van der Waals surface area contributed by atoms with Crippen LogP contribution in [0.1, 0.15) is 0 Å². The first-order valence-corrected chi connectivity index (χ1v) is 4.99. The minimum absolute atomic E-state index is 0.752. The number of nitrogens with zero attached hydrogens (tertiary/aromatic N) is 3. The van der Waals surface area contributed by atoms with Gasteiger partial charge in [0.05, 0.1) is 5.69 Å². The SMILES string of the molecule is Nc1cccc(-c2cccc3nncn23)c1. The van der Waals surface area contributed by atoms with Gasteiger partial charge in [0.2, 0.25) is 0 Å². The largest absolute Gasteiger partial charge is 0.399 e. The molecule has 0 bridgehead atoms. The molecule has 2 N–H and O–H groups in total. The van der Waals surface area contributed by atoms with E-state index in [1.807, 2.05) is 46.9 Å². The van der Waals surface area contributed by atoms with Gasteiger partial charge in [-0.05, 0) is 24.3 Å². The number of hydrogen-bond acceptors (Lipinski definition) is 3. The quantitative estimate of drug-likeness (QED) is 0.625. The van der Waals surface area contributed by atoms with Gasteiger partial charge in [0, 0.05) is 11.3 Å². The van der Waals surface area contributed by atoms with Crippen molar-refractivity contribution in [1.29, 1.82) is 0 Å². The van der Waals surface area contributed by atoms with Crippen LogP contribution in [0.2, 0.25) is 0 Å². The molecule has 0 aliphatic carbocycles. The van der Waals surface area contributed by atoms with E-state index in [1.165, 1.54) is 0 Å². The Kier molecular flexibility index (Phi) is 1.86. The fraction of sp³-hybridized carbons (Fsp3) is 0. The van der Waals surface area contributed by atoms with E-state index in [0.717, 1.165) is 22.6 Å². The summed E-state index contributed by atoms with van der Waals surface area (Å²) in [6, 6.07) is 13.7. The Balaban J connectivity index is 2.29. The first kappa shape index (κ1) is 8.91. The number of nitrogens with two attached hydrogens (primary N) is 1. The minimum atomic E-state index is 0.752. The predicted octanol–water partition coefficient (Wildman–Crippen LogP) is 1.98. The highest BCUT2D eigenvalue weighted by Crippen LogP contribution is 2.21. The molecule has 3 aromatic rings. The topological polar surface area (TPSA) is 56.2 Å². The zero-order valence-electron chi connectivity index (χ0n) is 8.54. The van der Waals surface area contributed by atoms with Crippen LogP contribution in [0.15, 0.2) is 48.8 Å². The molecule has 16 heavy (non-hydrogen) atoms. The maximum absolute atomic E-state index is 5.77. The van der Waals surface area contributed by atoms with Gasteiger partial charge in [-0.3, -0.25) is 4.40 Å². The summed E-state index contributed by atoms with van der Waals surface area (Å²) in [5.41, 5.74) is 9.46. The molecule has 0 saturated heterocycles. The van der Waals surface area contributed by atoms with Crippen molar-refractivity contribution >= 4 is 11.3 Å². The average Bonchev–Trinajstić information content (AvgIpc) is 2.76. The molecule has 4 nitrogen and oxygen atoms in total. The molecule has 0 unspecified atom stereocenters. The van der Waals surface area contributed by atoms with E-state index in [1.54, 1.807) is 6.33 Å². The Bertz CT molecular complexity index is 642. The fourth-order valence-corrected chi connectivity index (χ4v) is 1.78. The molecule has 0 aliphatic heterocycles. The van der Waals surface area contributed by atoms with Crippen LogP contribution in [0.4, 0.5) is 5.69 Å². The van der Waals surface area contributed by atoms with Crippen LogP contribution in [0.5, 0.6) is 0 Å². The van der Waals surface area contributed by atoms with Crippen LogP contribution >= 0.6 is 0 Å². The lowest BCUT2D eigenvalue weighted by atomic mass is 10.1. The Labute approximate surface area is 92.4 Å². The van der Waals surface area contributed by atoms with Gasteiger partial charge >= 0.3 is 0 Å². The summed E-state index contributed by atoms with van der Waals surface area (Å²) >= 11 is 0. The molecule has 2 heterocycles. The molecule has 1 aromatic carbocycles. The number of aromatic nitrogens is 3. The molecule has 0 radical (unpaired) electrons. The molecule has 78 valence electrons. The number of nitrogen functional groups attached to an aromatic ring is 1. The summed E-state index contributed by atoms with van der Waals surface area (Å²) in [6.45, 7) is 0. The predicted molar refractivity (Wildman–Crippen MR) is 62.8 cm³/mol. The molecule has 0 aliphatic rings. The van der Waals surface area contributed by atoms with Crippen molar-refractivity contribution in [3.05, 3.63) is 48.8 Å². The van der Waals surface area contributed by atoms with Gasteiger partial charge in [-0.2, -0.15) is 0 Å². The smallest absolute Gasteiger partial charge is 0.161 e. The highest BCUT2D eigenvalue weighted by atomic mass is 15.2. The first-order valence-electron chi connectivity index (χ1n) is 4.99. The van der Waals surface area contributed by atoms with Crippen molar-refractivity contribution in [2.75, 3.05) is 5.73 Å². The van der Waals surface area contributed by atoms with Crippen LogP contribution < -0.4 is 5.73 Å². The summed E-state index contributed by atoms with van der Waals surface area (Å²) in [4.78, 5) is 0. The Hall–Kier alpha value is -2.36. The van der Waals surface area contributed by atoms with Crippen molar-refractivity contribution in [2.45, 2.75) is 0 Å². The van der Waals surface area contributed by atoms with Crippen molar-refractivity contribution < 1.29 is 0 Å². The molecule has 0 fully saturated rings. The number of fused-ring (bicyclic) bond motifs is 1. The van der Waals surface area contributed by atoms with Gasteiger partial charge in [0.1, 0.15) is 6.33 Å². The lowest BCUT2D eigenvalue weighted by Crippen LogP contribution is -1.91. The Morgan fingerprint density at radius 1 is 1.06 bits per heavy atom. The maximum Gasteiger partial charge on any atom is 0.161 e. The third kappa shape index (κ3) is 1.32. The van der Waals surface area contributed by atoms with Crippen LogP contribution in [0, 0.1) is 0 Å². The summed E-state index contributed by atoms with van der Waals surface area (Å²) < 4.78 is 1.94. The zero-order valence-corrected chi connectivity index (χ0v) is 8.54. The third-order valence-corrected chi connectivity index (χ3v) is 2.52. The standard InChI is InChI=1S/C12H10N4/c13-10-4-1-3-9(7-10)11-5-2-6-12-15-14-8-16(11)12/h1-8H,13H2. The van der Waals surface area contributed by atoms with Crippen molar-refractivity contribution in [3.8, 4) is 11.3 Å². The van der Waals surface area contributed by atoms with E-state index in [4.69, 9.17) is 5.73 Å². The van der Waals surface area contributed by atoms with Crippen LogP contribution in [0.3, 0.4) is 0 Å². The monoisotopic (exact) mass is 210 g/mol. The normalized spacial score (nSPS) is 10.8. The Morgan fingerprint density at radius 2 is 1.94 bits per heavy atom. The Morgan fingerprint density at radius 3 is 2.81 bits per heavy atom. The van der Waals surface area contributed by atoms with E-state index < -0.39 is 0 Å². The fourth-order valence-electron chi connectivity index (χ4n) is 1.78. The summed E-state index contributed by atoms with van der Waals surface area (Å²) in [5, 5.41) is 7.90. The second kappa shape index (κ2) is 3.34. The number of pyridine rings is 1. The van der Waals surface area contributed by atoms with Gasteiger partial charge < -0.3 is 5.73 Å². The highest BCUT2D eigenvalue weighted by molar-refractivity contribution is 5.66. The molecule has 0 atom stereocenters. The van der Waals surface area contributed by atoms with Gasteiger partial charge in [0.15, 0.2) is 5.65 Å². The van der Waals surface area contributed by atoms with Crippen molar-refractivity contribution in [1.82, 2.24) is 14.6 Å². The lowest BCUT2D eigenvalue weighted by molar-refractivity contribution is 1.10. The van der Waals surface area contributed by atoms with Gasteiger partial charge in [-0.25, -0.2) is 0 Å². The second-order valence-electron chi connectivity index (χ2n) is 3.60. The second-order valence-corrected chi connectivity index (χ2v) is 3.60. The average molecular weight is 210 g/mol. The molecule has 0 saturated carbocycles. The van der Waals surface area contributed by atoms with E-state index in [2.05, 4.69) is 10.2 Å². The summed E-state index contributed by atoms with van der Waals surface area (Å²) in [5.74, 6) is 0. The van der Waals surface area contributed by atoms with Gasteiger partial charge in [-0.1, -0.05) is 18.2 Å². The van der Waals surface area contributed by atoms with Crippen LogP contribution in [0.25, 0.3) is 16.9 Å². The van der Waals surface area contributed by atoms with E-state index in [9.17, 15) is 0 Å². The summed E-state index contributed by atoms with van der Waals surface area (Å²) in [6.07, 6.45) is 1.70. The zero-order chi connectivity index (χ0) is 11.0. The number of benzene rings is 1. The number of rotatable bonds is 1. The molecular weight excluding hydrogens is 200 g/mol. The molecule has 0 spiro atoms. The third-order valence-electron chi connectivity index (χ3n) is 2.52. The lowest BCUT2D eigenvalue weighted by Gasteiger charge is -2.05. The number of anilines is 1. The van der Waals surface area contributed by atoms with Crippen molar-refractivity contribution in [2.24, 2.45) is 0 Å². The molecule has 3 rings (SSSR count). The van der Waals surface area contributed by atoms with Crippen LogP contribution in [-0.4, -0.2) is 14.6 Å².